The SMILES string of the molecule is C[C@@H]1CN(c2ccc(C#N)c3ncccc23)C[C@H](CN2CCNCC2)O1.O=C(O)C(F)(F)F. The molecule has 0 aliphatic carbocycles. The highest BCUT2D eigenvalue weighted by Gasteiger charge is 2.38. The molecule has 33 heavy (non-hydrogen) atoms. The lowest BCUT2D eigenvalue weighted by molar-refractivity contribution is -0.192. The van der Waals surface area contributed by atoms with Crippen molar-refractivity contribution in [3.63, 3.8) is 0 Å². The Morgan fingerprint density at radius 2 is 2.00 bits per heavy atom. The van der Waals surface area contributed by atoms with Crippen LogP contribution in [0.4, 0.5) is 18.9 Å². The van der Waals surface area contributed by atoms with E-state index in [2.05, 4.69) is 45.2 Å². The van der Waals surface area contributed by atoms with Crippen molar-refractivity contribution in [2.24, 2.45) is 0 Å². The van der Waals surface area contributed by atoms with E-state index in [1.54, 1.807) is 6.20 Å². The van der Waals surface area contributed by atoms with Gasteiger partial charge in [0.05, 0.1) is 23.3 Å². The van der Waals surface area contributed by atoms with E-state index in [0.29, 0.717) is 5.56 Å². The Bertz CT molecular complexity index is 1000. The number of nitrogens with one attached hydrogen (secondary N) is 1. The molecule has 0 bridgehead atoms. The number of rotatable bonds is 3. The number of benzene rings is 1. The third-order valence-corrected chi connectivity index (χ3v) is 5.45. The van der Waals surface area contributed by atoms with E-state index >= 15 is 0 Å². The summed E-state index contributed by atoms with van der Waals surface area (Å²) in [6.45, 7) is 9.10. The summed E-state index contributed by atoms with van der Waals surface area (Å²) < 4.78 is 38.0. The van der Waals surface area contributed by atoms with Crippen LogP contribution in [0.5, 0.6) is 0 Å². The number of hydrogen-bond donors (Lipinski definition) is 2. The van der Waals surface area contributed by atoms with Gasteiger partial charge in [0, 0.05) is 63.1 Å². The molecule has 4 rings (SSSR count). The van der Waals surface area contributed by atoms with E-state index in [9.17, 15) is 18.4 Å². The number of fused-ring (bicyclic) bond motifs is 1. The number of pyridine rings is 1. The monoisotopic (exact) mass is 465 g/mol. The lowest BCUT2D eigenvalue weighted by atomic mass is 10.1. The second-order valence-corrected chi connectivity index (χ2v) is 7.97. The van der Waals surface area contributed by atoms with Crippen molar-refractivity contribution in [2.45, 2.75) is 25.3 Å². The van der Waals surface area contributed by atoms with Gasteiger partial charge in [0.25, 0.3) is 0 Å². The van der Waals surface area contributed by atoms with Gasteiger partial charge in [-0.2, -0.15) is 18.4 Å². The Kier molecular flexibility index (Phi) is 8.07. The molecule has 8 nitrogen and oxygen atoms in total. The van der Waals surface area contributed by atoms with Gasteiger partial charge in [0.2, 0.25) is 0 Å². The van der Waals surface area contributed by atoms with Crippen molar-refractivity contribution in [1.82, 2.24) is 15.2 Å². The lowest BCUT2D eigenvalue weighted by Crippen LogP contribution is -2.53. The number of halogens is 3. The van der Waals surface area contributed by atoms with Crippen LogP contribution in [0, 0.1) is 11.3 Å². The van der Waals surface area contributed by atoms with Gasteiger partial charge in [-0.1, -0.05) is 0 Å². The number of carboxylic acids is 1. The molecule has 0 spiro atoms. The van der Waals surface area contributed by atoms with E-state index < -0.39 is 12.1 Å². The third-order valence-electron chi connectivity index (χ3n) is 5.45. The molecule has 2 saturated heterocycles. The minimum absolute atomic E-state index is 0.180. The first-order valence-corrected chi connectivity index (χ1v) is 10.6. The molecular formula is C22H26F3N5O3. The van der Waals surface area contributed by atoms with Crippen LogP contribution < -0.4 is 10.2 Å². The Balaban J connectivity index is 0.000000383. The number of piperazine rings is 1. The lowest BCUT2D eigenvalue weighted by Gasteiger charge is -2.41. The Hall–Kier alpha value is -2.94. The minimum atomic E-state index is -5.08. The highest BCUT2D eigenvalue weighted by molar-refractivity contribution is 5.95. The summed E-state index contributed by atoms with van der Waals surface area (Å²) in [4.78, 5) is 18.2. The van der Waals surface area contributed by atoms with Gasteiger partial charge in [-0.05, 0) is 31.2 Å². The molecule has 1 aromatic heterocycles. The summed E-state index contributed by atoms with van der Waals surface area (Å²) in [6, 6.07) is 10.2. The summed E-state index contributed by atoms with van der Waals surface area (Å²) in [5.74, 6) is -2.76. The second kappa shape index (κ2) is 10.8. The van der Waals surface area contributed by atoms with Crippen LogP contribution in [-0.2, 0) is 9.53 Å². The highest BCUT2D eigenvalue weighted by Crippen LogP contribution is 2.30. The predicted octanol–water partition coefficient (Wildman–Crippen LogP) is 2.24. The number of alkyl halides is 3. The van der Waals surface area contributed by atoms with E-state index in [1.165, 1.54) is 0 Å². The molecule has 2 aliphatic rings. The second-order valence-electron chi connectivity index (χ2n) is 7.97. The van der Waals surface area contributed by atoms with E-state index in [4.69, 9.17) is 14.6 Å². The molecule has 0 amide bonds. The van der Waals surface area contributed by atoms with Crippen LogP contribution in [0.3, 0.4) is 0 Å². The van der Waals surface area contributed by atoms with Crippen LogP contribution in [-0.4, -0.2) is 85.2 Å². The van der Waals surface area contributed by atoms with Gasteiger partial charge in [0.15, 0.2) is 0 Å². The van der Waals surface area contributed by atoms with Crippen molar-refractivity contribution < 1.29 is 27.8 Å². The molecule has 1 aromatic carbocycles. The number of carboxylic acid groups (broad SMARTS) is 1. The maximum atomic E-state index is 10.6. The molecule has 2 fully saturated rings. The van der Waals surface area contributed by atoms with Gasteiger partial charge in [-0.25, -0.2) is 4.79 Å². The van der Waals surface area contributed by atoms with Gasteiger partial charge in [-0.15, -0.1) is 0 Å². The number of nitrogens with zero attached hydrogens (tertiary/aromatic N) is 4. The smallest absolute Gasteiger partial charge is 0.475 e. The third kappa shape index (κ3) is 6.54. The van der Waals surface area contributed by atoms with Gasteiger partial charge >= 0.3 is 12.1 Å². The molecule has 2 aromatic rings. The number of aliphatic carboxylic acids is 1. The van der Waals surface area contributed by atoms with Gasteiger partial charge in [-0.3, -0.25) is 9.88 Å². The standard InChI is InChI=1S/C20H25N5O.C2HF3O2/c1-15-12-25(14-17(26-15)13-24-9-7-22-8-10-24)19-5-4-16(11-21)20-18(19)3-2-6-23-20;3-2(4,5)1(6)7/h2-6,15,17,22H,7-10,12-14H2,1H3;(H,6,7)/t15-,17+;/m1./s1. The molecule has 0 unspecified atom stereocenters. The Labute approximate surface area is 189 Å². The van der Waals surface area contributed by atoms with E-state index in [0.717, 1.165) is 62.4 Å². The maximum absolute atomic E-state index is 10.6. The number of morpholine rings is 1. The molecule has 178 valence electrons. The van der Waals surface area contributed by atoms with Crippen molar-refractivity contribution >= 4 is 22.6 Å². The number of anilines is 1. The fraction of sp³-hybridized carbons (Fsp3) is 0.500. The normalized spacial score (nSPS) is 21.7. The van der Waals surface area contributed by atoms with Crippen molar-refractivity contribution in [2.75, 3.05) is 50.7 Å². The first-order chi connectivity index (χ1) is 15.7. The van der Waals surface area contributed by atoms with Crippen molar-refractivity contribution in [1.29, 1.82) is 5.26 Å². The molecule has 3 heterocycles. The number of aromatic nitrogens is 1. The number of hydrogen-bond acceptors (Lipinski definition) is 7. The summed E-state index contributed by atoms with van der Waals surface area (Å²) in [5, 5.41) is 20.9. The quantitative estimate of drug-likeness (QED) is 0.712. The van der Waals surface area contributed by atoms with Crippen LogP contribution in [0.15, 0.2) is 30.5 Å². The predicted molar refractivity (Wildman–Crippen MR) is 116 cm³/mol. The summed E-state index contributed by atoms with van der Waals surface area (Å²) in [5.41, 5.74) is 2.56. The van der Waals surface area contributed by atoms with Crippen LogP contribution in [0.25, 0.3) is 10.9 Å². The molecule has 2 N–H and O–H groups in total. The topological polar surface area (TPSA) is 102 Å². The molecular weight excluding hydrogens is 439 g/mol. The zero-order valence-corrected chi connectivity index (χ0v) is 18.2. The molecule has 2 aliphatic heterocycles. The highest BCUT2D eigenvalue weighted by atomic mass is 19.4. The minimum Gasteiger partial charge on any atom is -0.475 e. The first-order valence-electron chi connectivity index (χ1n) is 10.6. The van der Waals surface area contributed by atoms with Crippen LogP contribution in [0.2, 0.25) is 0 Å². The van der Waals surface area contributed by atoms with Crippen molar-refractivity contribution in [3.8, 4) is 6.07 Å². The fourth-order valence-corrected chi connectivity index (χ4v) is 4.05. The number of carbonyl (C=O) groups is 1. The average Bonchev–Trinajstić information content (AvgIpc) is 2.78. The molecule has 11 heteroatoms. The van der Waals surface area contributed by atoms with Crippen LogP contribution in [0.1, 0.15) is 12.5 Å². The zero-order valence-electron chi connectivity index (χ0n) is 18.2. The fourth-order valence-electron chi connectivity index (χ4n) is 4.05. The van der Waals surface area contributed by atoms with Gasteiger partial charge in [0.1, 0.15) is 6.07 Å². The molecule has 2 atom stereocenters. The van der Waals surface area contributed by atoms with E-state index in [1.807, 2.05) is 12.1 Å². The number of nitriles is 1. The maximum Gasteiger partial charge on any atom is 0.490 e. The van der Waals surface area contributed by atoms with E-state index in [-0.39, 0.29) is 12.2 Å². The summed E-state index contributed by atoms with van der Waals surface area (Å²) in [6.07, 6.45) is -2.96. The molecule has 0 saturated carbocycles. The average molecular weight is 465 g/mol. The largest absolute Gasteiger partial charge is 0.490 e. The van der Waals surface area contributed by atoms with Gasteiger partial charge < -0.3 is 20.1 Å². The summed E-state index contributed by atoms with van der Waals surface area (Å²) >= 11 is 0. The number of ether oxygens (including phenoxy) is 1. The first kappa shape index (κ1) is 24.7. The summed E-state index contributed by atoms with van der Waals surface area (Å²) in [7, 11) is 0. The Morgan fingerprint density at radius 1 is 1.30 bits per heavy atom. The zero-order chi connectivity index (χ0) is 24.0. The Morgan fingerprint density at radius 3 is 2.64 bits per heavy atom. The molecule has 0 radical (unpaired) electrons. The van der Waals surface area contributed by atoms with Crippen LogP contribution >= 0.6 is 0 Å². The van der Waals surface area contributed by atoms with Crippen molar-refractivity contribution in [3.05, 3.63) is 36.0 Å².